The van der Waals surface area contributed by atoms with Gasteiger partial charge >= 0.3 is 0 Å². The lowest BCUT2D eigenvalue weighted by molar-refractivity contribution is -0.106. The molecule has 4 aromatic carbocycles. The Morgan fingerprint density at radius 2 is 0.981 bits per heavy atom. The first-order chi connectivity index (χ1) is 25.2. The Morgan fingerprint density at radius 3 is 1.38 bits per heavy atom. The maximum absolute atomic E-state index is 15.1. The van der Waals surface area contributed by atoms with Crippen LogP contribution in [0.15, 0.2) is 109 Å². The molecule has 280 valence electrons. The zero-order valence-electron chi connectivity index (χ0n) is 29.9. The third kappa shape index (κ3) is 9.75. The molecule has 12 nitrogen and oxygen atoms in total. The highest BCUT2D eigenvalue weighted by Crippen LogP contribution is 2.32. The molecule has 0 aliphatic carbocycles. The molecule has 5 rings (SSSR count). The largest absolute Gasteiger partial charge is 0.492 e. The van der Waals surface area contributed by atoms with Gasteiger partial charge in [-0.1, -0.05) is 84.9 Å². The van der Waals surface area contributed by atoms with Crippen LogP contribution in [0, 0.1) is 0 Å². The summed E-state index contributed by atoms with van der Waals surface area (Å²) in [7, 11) is 1.76. The van der Waals surface area contributed by atoms with Crippen LogP contribution in [0.5, 0.6) is 11.5 Å². The summed E-state index contributed by atoms with van der Waals surface area (Å²) in [4.78, 5) is 0. The van der Waals surface area contributed by atoms with Gasteiger partial charge in [0.05, 0.1) is 12.1 Å². The van der Waals surface area contributed by atoms with Crippen LogP contribution in [-0.4, -0.2) is 99.5 Å². The second-order valence-electron chi connectivity index (χ2n) is 12.4. The van der Waals surface area contributed by atoms with Gasteiger partial charge in [-0.25, -0.2) is 0 Å². The van der Waals surface area contributed by atoms with Crippen LogP contribution in [0.4, 0.5) is 0 Å². The van der Waals surface area contributed by atoms with Gasteiger partial charge in [0, 0.05) is 53.5 Å². The van der Waals surface area contributed by atoms with Crippen molar-refractivity contribution in [3.05, 3.63) is 131 Å². The molecule has 0 unspecified atom stereocenters. The molecule has 0 spiro atoms. The van der Waals surface area contributed by atoms with E-state index in [-0.39, 0.29) is 26.3 Å². The topological polar surface area (TPSA) is 136 Å². The van der Waals surface area contributed by atoms with Gasteiger partial charge in [-0.15, -0.1) is 0 Å². The number of rotatable bonds is 17. The Balaban J connectivity index is 1.54. The summed E-state index contributed by atoms with van der Waals surface area (Å²) in [6, 6.07) is 30.1. The van der Waals surface area contributed by atoms with E-state index in [4.69, 9.17) is 28.4 Å². The van der Waals surface area contributed by atoms with Crippen molar-refractivity contribution in [2.24, 2.45) is 0 Å². The van der Waals surface area contributed by atoms with Crippen LogP contribution < -0.4 is 9.47 Å². The van der Waals surface area contributed by atoms with Gasteiger partial charge < -0.3 is 38.6 Å². The molecule has 1 heterocycles. The summed E-state index contributed by atoms with van der Waals surface area (Å²) in [5.74, 6) is 0.984. The summed E-state index contributed by atoms with van der Waals surface area (Å²) < 4.78 is 66.2. The Labute approximate surface area is 306 Å². The van der Waals surface area contributed by atoms with Gasteiger partial charge in [-0.05, 0) is 41.0 Å². The molecule has 1 saturated heterocycles. The number of benzene rings is 4. The molecule has 4 atom stereocenters. The second-order valence-corrected chi connectivity index (χ2v) is 14.3. The Morgan fingerprint density at radius 1 is 0.577 bits per heavy atom. The third-order valence-electron chi connectivity index (χ3n) is 9.11. The van der Waals surface area contributed by atoms with Crippen LogP contribution in [0.2, 0.25) is 0 Å². The minimum absolute atomic E-state index is 0.113. The van der Waals surface area contributed by atoms with Gasteiger partial charge in [0.15, 0.2) is 12.6 Å². The van der Waals surface area contributed by atoms with E-state index < -0.39 is 47.1 Å². The van der Waals surface area contributed by atoms with Crippen molar-refractivity contribution in [3.63, 3.8) is 0 Å². The Kier molecular flexibility index (Phi) is 14.2. The summed E-state index contributed by atoms with van der Waals surface area (Å²) in [6.07, 6.45) is -3.63. The molecule has 1 aliphatic rings. The molecule has 1 aliphatic heterocycles. The molecule has 52 heavy (non-hydrogen) atoms. The number of aliphatic hydroxyl groups excluding tert-OH is 2. The number of hydrogen-bond acceptors (Lipinski definition) is 10. The highest BCUT2D eigenvalue weighted by molar-refractivity contribution is 7.86. The average Bonchev–Trinajstić information content (AvgIpc) is 3.22. The van der Waals surface area contributed by atoms with Crippen molar-refractivity contribution in [3.8, 4) is 11.5 Å². The predicted molar refractivity (Wildman–Crippen MR) is 195 cm³/mol. The molecule has 0 bridgehead atoms. The number of methoxy groups -OCH3 is 4. The van der Waals surface area contributed by atoms with Gasteiger partial charge in [0.2, 0.25) is 0 Å². The molecule has 1 fully saturated rings. The molecule has 0 radical (unpaired) electrons. The van der Waals surface area contributed by atoms with Crippen LogP contribution in [-0.2, 0) is 48.7 Å². The second kappa shape index (κ2) is 18.7. The molecular weight excluding hydrogens is 689 g/mol. The van der Waals surface area contributed by atoms with E-state index in [2.05, 4.69) is 0 Å². The molecule has 0 amide bonds. The predicted octanol–water partition coefficient (Wildman–Crippen LogP) is 4.32. The lowest BCUT2D eigenvalue weighted by Gasteiger charge is -2.34. The quantitative estimate of drug-likeness (QED) is 0.151. The van der Waals surface area contributed by atoms with Crippen LogP contribution in [0.1, 0.15) is 28.5 Å². The van der Waals surface area contributed by atoms with Gasteiger partial charge in [-0.3, -0.25) is 0 Å². The number of para-hydroxylation sites is 2. The number of ether oxygens (including phenoxy) is 6. The standard InChI is InChI=1S/C39H48N2O10S/c1-46-36(47-2)23-28-15-17-29(18-16-28)24-40-34(26-50-32-11-7-5-8-12-32)37(42)38(43)35(27-51-33-13-9-6-10-14-33)41(52(40,44)45)25-30-19-21-31(22-20-30)39(48-3)49-4/h5-22,34-39,42-43H,23-27H2,1-4H3/t34-,35-,37+,38+/m1/s1. The van der Waals surface area contributed by atoms with Gasteiger partial charge in [-0.2, -0.15) is 17.0 Å². The van der Waals surface area contributed by atoms with Gasteiger partial charge in [0.25, 0.3) is 10.2 Å². The van der Waals surface area contributed by atoms with Crippen LogP contribution in [0.25, 0.3) is 0 Å². The molecule has 0 saturated carbocycles. The summed E-state index contributed by atoms with van der Waals surface area (Å²) in [5, 5.41) is 23.8. The van der Waals surface area contributed by atoms with Gasteiger partial charge in [0.1, 0.15) is 36.9 Å². The fourth-order valence-corrected chi connectivity index (χ4v) is 8.12. The average molecular weight is 737 g/mol. The number of hydrogen-bond donors (Lipinski definition) is 2. The van der Waals surface area contributed by atoms with Crippen molar-refractivity contribution in [1.82, 2.24) is 8.61 Å². The van der Waals surface area contributed by atoms with Crippen molar-refractivity contribution in [1.29, 1.82) is 0 Å². The highest BCUT2D eigenvalue weighted by Gasteiger charge is 2.51. The SMILES string of the molecule is COC(Cc1ccc(CN2[C@H](COc3ccccc3)[C@H](O)[C@@H](O)[C@@H](COc3ccccc3)N(Cc3ccc(C(OC)OC)cc3)S2(=O)=O)cc1)OC. The summed E-state index contributed by atoms with van der Waals surface area (Å²) in [6.45, 7) is -0.702. The van der Waals surface area contributed by atoms with E-state index in [1.165, 1.54) is 22.8 Å². The maximum atomic E-state index is 15.1. The first kappa shape index (κ1) is 39.3. The van der Waals surface area contributed by atoms with E-state index in [1.54, 1.807) is 87.0 Å². The number of aliphatic hydroxyl groups is 2. The minimum Gasteiger partial charge on any atom is -0.492 e. The van der Waals surface area contributed by atoms with E-state index in [0.29, 0.717) is 29.0 Å². The molecular formula is C39H48N2O10S. The van der Waals surface area contributed by atoms with Crippen molar-refractivity contribution < 1.29 is 47.1 Å². The lowest BCUT2D eigenvalue weighted by Crippen LogP contribution is -2.52. The molecule has 2 N–H and O–H groups in total. The minimum atomic E-state index is -4.45. The molecule has 13 heteroatoms. The van der Waals surface area contributed by atoms with E-state index in [0.717, 1.165) is 11.1 Å². The zero-order chi connectivity index (χ0) is 37.1. The summed E-state index contributed by atoms with van der Waals surface area (Å²) in [5.41, 5.74) is 2.98. The fraction of sp³-hybridized carbons (Fsp3) is 0.385. The van der Waals surface area contributed by atoms with Crippen molar-refractivity contribution in [2.45, 2.75) is 56.4 Å². The Bertz CT molecular complexity index is 1740. The highest BCUT2D eigenvalue weighted by atomic mass is 32.2. The molecule has 4 aromatic rings. The van der Waals surface area contributed by atoms with E-state index >= 15 is 8.42 Å². The lowest BCUT2D eigenvalue weighted by atomic mass is 9.98. The van der Waals surface area contributed by atoms with Crippen LogP contribution >= 0.6 is 0 Å². The van der Waals surface area contributed by atoms with Crippen molar-refractivity contribution in [2.75, 3.05) is 41.7 Å². The van der Waals surface area contributed by atoms with E-state index in [1.807, 2.05) is 36.4 Å². The Hall–Kier alpha value is -3.89. The maximum Gasteiger partial charge on any atom is 0.283 e. The first-order valence-corrected chi connectivity index (χ1v) is 18.4. The van der Waals surface area contributed by atoms with Crippen molar-refractivity contribution >= 4 is 10.2 Å². The van der Waals surface area contributed by atoms with E-state index in [9.17, 15) is 10.2 Å². The first-order valence-electron chi connectivity index (χ1n) is 17.0. The molecule has 0 aromatic heterocycles. The summed E-state index contributed by atoms with van der Waals surface area (Å²) >= 11 is 0. The monoisotopic (exact) mass is 736 g/mol. The third-order valence-corrected chi connectivity index (χ3v) is 11.1. The smallest absolute Gasteiger partial charge is 0.283 e. The normalized spacial score (nSPS) is 20.9. The van der Waals surface area contributed by atoms with Crippen LogP contribution in [0.3, 0.4) is 0 Å². The number of nitrogens with zero attached hydrogens (tertiary/aromatic N) is 2. The zero-order valence-corrected chi connectivity index (χ0v) is 30.7. The fourth-order valence-electron chi connectivity index (χ4n) is 6.18.